The van der Waals surface area contributed by atoms with Crippen molar-refractivity contribution in [2.45, 2.75) is 24.9 Å². The number of nitrogens with zero attached hydrogens (tertiary/aromatic N) is 3. The van der Waals surface area contributed by atoms with Crippen LogP contribution in [0.1, 0.15) is 24.7 Å². The second kappa shape index (κ2) is 6.89. The molecule has 1 amide bonds. The number of nitrogens with two attached hydrogens (primary N) is 1. The standard InChI is InChI=1S/C16H21N5O2/c1-23-10-12(17)16(22)21-9-5-8-13(21)15-18-14(19-20-15)11-6-3-2-4-7-11/h2-4,6-7,12-13H,5,8-10,17H2,1H3,(H,18,19,20). The minimum absolute atomic E-state index is 0.102. The Kier molecular flexibility index (Phi) is 4.68. The number of hydrogen-bond donors (Lipinski definition) is 2. The molecule has 122 valence electrons. The molecule has 0 spiro atoms. The molecule has 3 N–H and O–H groups in total. The first-order valence-electron chi connectivity index (χ1n) is 7.73. The highest BCUT2D eigenvalue weighted by molar-refractivity contribution is 5.82. The van der Waals surface area contributed by atoms with Crippen molar-refractivity contribution in [1.82, 2.24) is 20.1 Å². The fraction of sp³-hybridized carbons (Fsp3) is 0.438. The number of amides is 1. The van der Waals surface area contributed by atoms with Crippen LogP contribution in [0.3, 0.4) is 0 Å². The van der Waals surface area contributed by atoms with Crippen molar-refractivity contribution < 1.29 is 9.53 Å². The summed E-state index contributed by atoms with van der Waals surface area (Å²) in [6, 6.07) is 9.01. The lowest BCUT2D eigenvalue weighted by Crippen LogP contribution is -2.45. The van der Waals surface area contributed by atoms with E-state index in [1.807, 2.05) is 30.3 Å². The van der Waals surface area contributed by atoms with Gasteiger partial charge in [0.2, 0.25) is 5.91 Å². The molecule has 7 heteroatoms. The zero-order chi connectivity index (χ0) is 16.2. The molecule has 0 bridgehead atoms. The van der Waals surface area contributed by atoms with E-state index in [9.17, 15) is 4.79 Å². The Bertz CT molecular complexity index is 658. The van der Waals surface area contributed by atoms with Gasteiger partial charge in [-0.1, -0.05) is 30.3 Å². The lowest BCUT2D eigenvalue weighted by Gasteiger charge is -2.25. The van der Waals surface area contributed by atoms with Gasteiger partial charge in [0, 0.05) is 19.2 Å². The number of H-pyrrole nitrogens is 1. The smallest absolute Gasteiger partial charge is 0.242 e. The van der Waals surface area contributed by atoms with Crippen LogP contribution in [0, 0.1) is 0 Å². The average Bonchev–Trinajstić information content (AvgIpc) is 3.24. The fourth-order valence-corrected chi connectivity index (χ4v) is 2.92. The molecule has 2 atom stereocenters. The van der Waals surface area contributed by atoms with Crippen LogP contribution in [0.15, 0.2) is 30.3 Å². The molecule has 1 aliphatic heterocycles. The number of nitrogens with one attached hydrogen (secondary N) is 1. The molecule has 23 heavy (non-hydrogen) atoms. The van der Waals surface area contributed by atoms with Crippen LogP contribution in [0.2, 0.25) is 0 Å². The van der Waals surface area contributed by atoms with E-state index in [2.05, 4.69) is 15.2 Å². The van der Waals surface area contributed by atoms with E-state index < -0.39 is 6.04 Å². The molecular formula is C16H21N5O2. The van der Waals surface area contributed by atoms with Gasteiger partial charge in [-0.25, -0.2) is 4.98 Å². The third-order valence-corrected chi connectivity index (χ3v) is 4.05. The number of carbonyl (C=O) groups excluding carboxylic acids is 1. The molecule has 1 aromatic carbocycles. The number of benzene rings is 1. The van der Waals surface area contributed by atoms with Gasteiger partial charge < -0.3 is 15.4 Å². The third kappa shape index (κ3) is 3.25. The van der Waals surface area contributed by atoms with Crippen LogP contribution in [-0.2, 0) is 9.53 Å². The summed E-state index contributed by atoms with van der Waals surface area (Å²) in [5, 5.41) is 7.25. The lowest BCUT2D eigenvalue weighted by molar-refractivity contribution is -0.134. The van der Waals surface area contributed by atoms with E-state index >= 15 is 0 Å². The maximum Gasteiger partial charge on any atom is 0.242 e. The summed E-state index contributed by atoms with van der Waals surface area (Å²) in [4.78, 5) is 18.8. The Morgan fingerprint density at radius 1 is 1.48 bits per heavy atom. The van der Waals surface area contributed by atoms with Gasteiger partial charge >= 0.3 is 0 Å². The van der Waals surface area contributed by atoms with Gasteiger partial charge in [0.1, 0.15) is 11.9 Å². The first-order chi connectivity index (χ1) is 11.2. The number of aromatic nitrogens is 3. The molecule has 2 aromatic rings. The molecule has 0 aliphatic carbocycles. The highest BCUT2D eigenvalue weighted by Crippen LogP contribution is 2.31. The lowest BCUT2D eigenvalue weighted by atomic mass is 10.2. The summed E-state index contributed by atoms with van der Waals surface area (Å²) in [5.41, 5.74) is 6.83. The summed E-state index contributed by atoms with van der Waals surface area (Å²) in [5.74, 6) is 1.24. The molecule has 2 heterocycles. The van der Waals surface area contributed by atoms with Gasteiger partial charge in [-0.3, -0.25) is 9.89 Å². The maximum atomic E-state index is 12.5. The number of likely N-dealkylation sites (tertiary alicyclic amines) is 1. The van der Waals surface area contributed by atoms with Crippen molar-refractivity contribution in [1.29, 1.82) is 0 Å². The first kappa shape index (κ1) is 15.6. The molecule has 2 unspecified atom stereocenters. The van der Waals surface area contributed by atoms with Gasteiger partial charge in [0.25, 0.3) is 0 Å². The zero-order valence-corrected chi connectivity index (χ0v) is 13.1. The summed E-state index contributed by atoms with van der Waals surface area (Å²) in [6.45, 7) is 0.899. The molecule has 7 nitrogen and oxygen atoms in total. The minimum Gasteiger partial charge on any atom is -0.383 e. The molecule has 1 aromatic heterocycles. The van der Waals surface area contributed by atoms with Crippen LogP contribution < -0.4 is 5.73 Å². The predicted molar refractivity (Wildman–Crippen MR) is 85.4 cm³/mol. The Morgan fingerprint density at radius 3 is 3.00 bits per heavy atom. The van der Waals surface area contributed by atoms with E-state index in [0.29, 0.717) is 18.2 Å². The monoisotopic (exact) mass is 315 g/mol. The molecule has 1 fully saturated rings. The molecule has 0 saturated carbocycles. The first-order valence-corrected chi connectivity index (χ1v) is 7.73. The van der Waals surface area contributed by atoms with E-state index in [4.69, 9.17) is 10.5 Å². The number of methoxy groups -OCH3 is 1. The minimum atomic E-state index is -0.642. The van der Waals surface area contributed by atoms with Gasteiger partial charge in [-0.2, -0.15) is 5.10 Å². The molecule has 1 aliphatic rings. The van der Waals surface area contributed by atoms with E-state index in [1.54, 1.807) is 4.90 Å². The van der Waals surface area contributed by atoms with E-state index in [0.717, 1.165) is 18.4 Å². The normalized spacial score (nSPS) is 19.0. The van der Waals surface area contributed by atoms with Crippen LogP contribution in [-0.4, -0.2) is 52.3 Å². The second-order valence-corrected chi connectivity index (χ2v) is 5.66. The van der Waals surface area contributed by atoms with Crippen LogP contribution in [0.4, 0.5) is 0 Å². The molecule has 1 saturated heterocycles. The Labute approximate surface area is 134 Å². The fourth-order valence-electron chi connectivity index (χ4n) is 2.92. The van der Waals surface area contributed by atoms with Crippen molar-refractivity contribution >= 4 is 5.91 Å². The van der Waals surface area contributed by atoms with Crippen molar-refractivity contribution in [3.05, 3.63) is 36.2 Å². The van der Waals surface area contributed by atoms with Gasteiger partial charge in [-0.05, 0) is 12.8 Å². The summed E-state index contributed by atoms with van der Waals surface area (Å²) < 4.78 is 4.98. The van der Waals surface area contributed by atoms with Gasteiger partial charge in [-0.15, -0.1) is 0 Å². The number of rotatable bonds is 5. The highest BCUT2D eigenvalue weighted by Gasteiger charge is 2.34. The van der Waals surface area contributed by atoms with E-state index in [-0.39, 0.29) is 18.6 Å². The van der Waals surface area contributed by atoms with Crippen LogP contribution >= 0.6 is 0 Å². The zero-order valence-electron chi connectivity index (χ0n) is 13.1. The number of hydrogen-bond acceptors (Lipinski definition) is 5. The molecular weight excluding hydrogens is 294 g/mol. The van der Waals surface area contributed by atoms with Crippen molar-refractivity contribution in [2.24, 2.45) is 5.73 Å². The quantitative estimate of drug-likeness (QED) is 0.861. The summed E-state index contributed by atoms with van der Waals surface area (Å²) in [7, 11) is 1.54. The highest BCUT2D eigenvalue weighted by atomic mass is 16.5. The van der Waals surface area contributed by atoms with Crippen molar-refractivity contribution in [3.63, 3.8) is 0 Å². The van der Waals surface area contributed by atoms with Gasteiger partial charge in [0.05, 0.1) is 12.6 Å². The maximum absolute atomic E-state index is 12.5. The number of aromatic amines is 1. The Balaban J connectivity index is 1.78. The topological polar surface area (TPSA) is 97.1 Å². The van der Waals surface area contributed by atoms with Crippen LogP contribution in [0.5, 0.6) is 0 Å². The summed E-state index contributed by atoms with van der Waals surface area (Å²) in [6.07, 6.45) is 1.78. The second-order valence-electron chi connectivity index (χ2n) is 5.66. The van der Waals surface area contributed by atoms with Crippen molar-refractivity contribution in [3.8, 4) is 11.4 Å². The summed E-state index contributed by atoms with van der Waals surface area (Å²) >= 11 is 0. The number of carbonyl (C=O) groups is 1. The predicted octanol–water partition coefficient (Wildman–Crippen LogP) is 1.11. The average molecular weight is 315 g/mol. The SMILES string of the molecule is COCC(N)C(=O)N1CCCC1c1nc(-c2ccccc2)n[nH]1. The van der Waals surface area contributed by atoms with E-state index in [1.165, 1.54) is 7.11 Å². The van der Waals surface area contributed by atoms with Crippen LogP contribution in [0.25, 0.3) is 11.4 Å². The molecule has 3 rings (SSSR count). The van der Waals surface area contributed by atoms with Crippen molar-refractivity contribution in [2.75, 3.05) is 20.3 Å². The largest absolute Gasteiger partial charge is 0.383 e. The Morgan fingerprint density at radius 2 is 2.26 bits per heavy atom. The van der Waals surface area contributed by atoms with Gasteiger partial charge in [0.15, 0.2) is 5.82 Å². The number of ether oxygens (including phenoxy) is 1. The Hall–Kier alpha value is -2.25. The third-order valence-electron chi connectivity index (χ3n) is 4.05. The molecule has 0 radical (unpaired) electrons.